The molecule has 1 aliphatic carbocycles. The van der Waals surface area contributed by atoms with Crippen molar-refractivity contribution in [3.05, 3.63) is 16.7 Å². The van der Waals surface area contributed by atoms with Crippen LogP contribution in [0.25, 0.3) is 11.2 Å². The Balaban J connectivity index is 2.12. The second-order valence-electron chi connectivity index (χ2n) is 4.46. The van der Waals surface area contributed by atoms with Gasteiger partial charge in [-0.15, -0.1) is 0 Å². The highest BCUT2D eigenvalue weighted by atomic mass is 16.3. The molecule has 1 saturated carbocycles. The highest BCUT2D eigenvalue weighted by Crippen LogP contribution is 2.50. The first-order chi connectivity index (χ1) is 8.67. The molecule has 8 heteroatoms. The quantitative estimate of drug-likeness (QED) is 0.523. The molecule has 96 valence electrons. The minimum atomic E-state index is -0.391. The Morgan fingerprint density at radius 2 is 2.06 bits per heavy atom. The lowest BCUT2D eigenvalue weighted by atomic mass is 10.3. The molecule has 0 amide bonds. The Morgan fingerprint density at radius 3 is 2.67 bits per heavy atom. The first kappa shape index (κ1) is 11.2. The number of hydrogen-bond donors (Lipinski definition) is 4. The van der Waals surface area contributed by atoms with Crippen LogP contribution in [-0.4, -0.2) is 42.9 Å². The monoisotopic (exact) mass is 251 g/mol. The Hall–Kier alpha value is -1.93. The molecule has 2 atom stereocenters. The number of aromatic amines is 1. The predicted octanol–water partition coefficient (Wildman–Crippen LogP) is -1.53. The first-order valence-electron chi connectivity index (χ1n) is 5.61. The highest BCUT2D eigenvalue weighted by Gasteiger charge is 2.51. The molecule has 0 radical (unpaired) electrons. The predicted molar refractivity (Wildman–Crippen MR) is 62.7 cm³/mol. The summed E-state index contributed by atoms with van der Waals surface area (Å²) >= 11 is 0. The highest BCUT2D eigenvalue weighted by molar-refractivity contribution is 5.70. The number of anilines is 1. The first-order valence-corrected chi connectivity index (χ1v) is 5.61. The molecule has 0 saturated heterocycles. The maximum Gasteiger partial charge on any atom is 0.280 e. The van der Waals surface area contributed by atoms with Crippen molar-refractivity contribution in [3.63, 3.8) is 0 Å². The Bertz CT molecular complexity index is 638. The molecule has 0 bridgehead atoms. The van der Waals surface area contributed by atoms with E-state index in [2.05, 4.69) is 15.0 Å². The third kappa shape index (κ3) is 1.42. The molecule has 0 aromatic carbocycles. The minimum absolute atomic E-state index is 0.0196. The Kier molecular flexibility index (Phi) is 2.35. The maximum absolute atomic E-state index is 11.6. The molecule has 3 rings (SSSR count). The molecule has 1 aliphatic rings. The fourth-order valence-electron chi connectivity index (χ4n) is 2.49. The summed E-state index contributed by atoms with van der Waals surface area (Å²) in [7, 11) is 0. The molecule has 2 heterocycles. The Labute approximate surface area is 101 Å². The summed E-state index contributed by atoms with van der Waals surface area (Å²) in [6.07, 6.45) is 1.50. The largest absolute Gasteiger partial charge is 0.396 e. The van der Waals surface area contributed by atoms with E-state index >= 15 is 0 Å². The number of hydrogen-bond acceptors (Lipinski definition) is 6. The van der Waals surface area contributed by atoms with Crippen molar-refractivity contribution in [2.45, 2.75) is 6.04 Å². The third-order valence-corrected chi connectivity index (χ3v) is 3.48. The summed E-state index contributed by atoms with van der Waals surface area (Å²) in [5.74, 6) is -0.0413. The minimum Gasteiger partial charge on any atom is -0.396 e. The smallest absolute Gasteiger partial charge is 0.280 e. The summed E-state index contributed by atoms with van der Waals surface area (Å²) in [4.78, 5) is 22.0. The zero-order chi connectivity index (χ0) is 12.9. The van der Waals surface area contributed by atoms with Crippen LogP contribution in [0.15, 0.2) is 11.1 Å². The van der Waals surface area contributed by atoms with Gasteiger partial charge in [0.15, 0.2) is 11.2 Å². The van der Waals surface area contributed by atoms with Crippen LogP contribution in [0.2, 0.25) is 0 Å². The average molecular weight is 251 g/mol. The molecule has 2 unspecified atom stereocenters. The molecule has 8 nitrogen and oxygen atoms in total. The number of rotatable bonds is 3. The van der Waals surface area contributed by atoms with E-state index in [-0.39, 0.29) is 42.6 Å². The molecule has 0 spiro atoms. The number of nitrogen functional groups attached to an aromatic ring is 1. The molecular formula is C10H13N5O3. The van der Waals surface area contributed by atoms with Crippen LogP contribution >= 0.6 is 0 Å². The fourth-order valence-corrected chi connectivity index (χ4v) is 2.49. The topological polar surface area (TPSA) is 130 Å². The molecular weight excluding hydrogens is 238 g/mol. The number of nitrogens with two attached hydrogens (primary N) is 1. The lowest BCUT2D eigenvalue weighted by molar-refractivity contribution is 0.232. The zero-order valence-electron chi connectivity index (χ0n) is 9.45. The number of imidazole rings is 1. The number of nitrogens with one attached hydrogen (secondary N) is 1. The number of aromatic nitrogens is 4. The van der Waals surface area contributed by atoms with Gasteiger partial charge >= 0.3 is 0 Å². The number of H-pyrrole nitrogens is 1. The lowest BCUT2D eigenvalue weighted by Gasteiger charge is -2.02. The Morgan fingerprint density at radius 1 is 1.39 bits per heavy atom. The van der Waals surface area contributed by atoms with Gasteiger partial charge in [-0.2, -0.15) is 4.98 Å². The van der Waals surface area contributed by atoms with Gasteiger partial charge in [-0.3, -0.25) is 9.78 Å². The van der Waals surface area contributed by atoms with Gasteiger partial charge in [0.25, 0.3) is 5.56 Å². The van der Waals surface area contributed by atoms with Crippen molar-refractivity contribution < 1.29 is 10.2 Å². The van der Waals surface area contributed by atoms with E-state index in [0.29, 0.717) is 5.65 Å². The number of aliphatic hydroxyl groups is 2. The van der Waals surface area contributed by atoms with Gasteiger partial charge in [-0.25, -0.2) is 4.98 Å². The van der Waals surface area contributed by atoms with E-state index in [0.717, 1.165) is 0 Å². The number of fused-ring (bicyclic) bond motifs is 1. The van der Waals surface area contributed by atoms with Gasteiger partial charge in [0.05, 0.1) is 6.33 Å². The van der Waals surface area contributed by atoms with Crippen LogP contribution in [0.3, 0.4) is 0 Å². The van der Waals surface area contributed by atoms with E-state index in [1.54, 1.807) is 4.57 Å². The van der Waals surface area contributed by atoms with E-state index in [1.165, 1.54) is 6.33 Å². The van der Waals surface area contributed by atoms with E-state index in [9.17, 15) is 15.0 Å². The van der Waals surface area contributed by atoms with Crippen molar-refractivity contribution in [1.82, 2.24) is 19.5 Å². The van der Waals surface area contributed by atoms with Crippen molar-refractivity contribution in [2.24, 2.45) is 11.8 Å². The molecule has 18 heavy (non-hydrogen) atoms. The summed E-state index contributed by atoms with van der Waals surface area (Å²) in [5, 5.41) is 18.4. The third-order valence-electron chi connectivity index (χ3n) is 3.48. The standard InChI is InChI=1S/C10H13N5O3/c11-10-13-8-6(9(18)14-10)12-3-15(8)7-4(1-16)5(7)2-17/h3-5,7,16-17H,1-2H2,(H3,11,13,14,18). The van der Waals surface area contributed by atoms with E-state index < -0.39 is 5.56 Å². The van der Waals surface area contributed by atoms with E-state index in [4.69, 9.17) is 5.73 Å². The van der Waals surface area contributed by atoms with Crippen LogP contribution in [0, 0.1) is 11.8 Å². The van der Waals surface area contributed by atoms with Gasteiger partial charge < -0.3 is 20.5 Å². The zero-order valence-corrected chi connectivity index (χ0v) is 9.45. The number of nitrogens with zero attached hydrogens (tertiary/aromatic N) is 3. The van der Waals surface area contributed by atoms with E-state index in [1.807, 2.05) is 0 Å². The molecule has 2 aromatic heterocycles. The molecule has 5 N–H and O–H groups in total. The van der Waals surface area contributed by atoms with Crippen LogP contribution < -0.4 is 11.3 Å². The van der Waals surface area contributed by atoms with Crippen molar-refractivity contribution in [2.75, 3.05) is 18.9 Å². The lowest BCUT2D eigenvalue weighted by Crippen LogP contribution is -2.12. The van der Waals surface area contributed by atoms with Crippen molar-refractivity contribution >= 4 is 17.1 Å². The van der Waals surface area contributed by atoms with Crippen LogP contribution in [0.4, 0.5) is 5.95 Å². The SMILES string of the molecule is Nc1nc2c(ncn2C2C(CO)C2CO)c(=O)[nH]1. The maximum atomic E-state index is 11.6. The summed E-state index contributed by atoms with van der Waals surface area (Å²) in [5.41, 5.74) is 5.71. The van der Waals surface area contributed by atoms with Gasteiger partial charge in [0.1, 0.15) is 0 Å². The molecule has 1 fully saturated rings. The van der Waals surface area contributed by atoms with Gasteiger partial charge in [-0.1, -0.05) is 0 Å². The van der Waals surface area contributed by atoms with Gasteiger partial charge in [0.2, 0.25) is 5.95 Å². The summed E-state index contributed by atoms with van der Waals surface area (Å²) in [6.45, 7) is -0.0392. The molecule has 0 aliphatic heterocycles. The second-order valence-corrected chi connectivity index (χ2v) is 4.46. The van der Waals surface area contributed by atoms with Crippen LogP contribution in [0.1, 0.15) is 6.04 Å². The van der Waals surface area contributed by atoms with Crippen molar-refractivity contribution in [3.8, 4) is 0 Å². The number of aliphatic hydroxyl groups excluding tert-OH is 2. The summed E-state index contributed by atoms with van der Waals surface area (Å²) in [6, 6.07) is -0.0845. The average Bonchev–Trinajstić information content (AvgIpc) is 2.90. The van der Waals surface area contributed by atoms with Gasteiger partial charge in [-0.05, 0) is 0 Å². The van der Waals surface area contributed by atoms with Gasteiger partial charge in [0, 0.05) is 31.1 Å². The summed E-state index contributed by atoms with van der Waals surface area (Å²) < 4.78 is 1.70. The second kappa shape index (κ2) is 3.79. The molecule has 2 aromatic rings. The van der Waals surface area contributed by atoms with Crippen LogP contribution in [0.5, 0.6) is 0 Å². The fraction of sp³-hybridized carbons (Fsp3) is 0.500. The van der Waals surface area contributed by atoms with Crippen LogP contribution in [-0.2, 0) is 0 Å². The van der Waals surface area contributed by atoms with Crippen molar-refractivity contribution in [1.29, 1.82) is 0 Å². The normalized spacial score (nSPS) is 26.7.